The van der Waals surface area contributed by atoms with Crippen LogP contribution in [0, 0.1) is 6.92 Å². The zero-order valence-electron chi connectivity index (χ0n) is 12.9. The van der Waals surface area contributed by atoms with E-state index in [1.165, 1.54) is 0 Å². The van der Waals surface area contributed by atoms with Crippen LogP contribution < -0.4 is 5.73 Å². The number of nitrogens with two attached hydrogens (primary N) is 1. The molecule has 0 radical (unpaired) electrons. The van der Waals surface area contributed by atoms with E-state index in [4.69, 9.17) is 14.7 Å². The van der Waals surface area contributed by atoms with Gasteiger partial charge in [0.2, 0.25) is 11.5 Å². The Balaban J connectivity index is 1.81. The highest BCUT2D eigenvalue weighted by Gasteiger charge is 2.19. The monoisotopic (exact) mass is 322 g/mol. The molecular weight excluding hydrogens is 308 g/mol. The van der Waals surface area contributed by atoms with E-state index >= 15 is 0 Å². The lowest BCUT2D eigenvalue weighted by atomic mass is 10.1. The Hall–Kier alpha value is -3.35. The molecule has 0 fully saturated rings. The van der Waals surface area contributed by atoms with Crippen LogP contribution >= 0.6 is 0 Å². The van der Waals surface area contributed by atoms with Crippen molar-refractivity contribution in [1.29, 1.82) is 0 Å². The van der Waals surface area contributed by atoms with E-state index in [1.807, 2.05) is 25.1 Å². The topological polar surface area (TPSA) is 111 Å². The smallest absolute Gasteiger partial charge is 0.221 e. The largest absolute Gasteiger partial charge is 0.508 e. The molecule has 3 aromatic heterocycles. The first kappa shape index (κ1) is 14.3. The maximum absolute atomic E-state index is 9.37. The Morgan fingerprint density at radius 3 is 2.58 bits per heavy atom. The van der Waals surface area contributed by atoms with Crippen molar-refractivity contribution in [1.82, 2.24) is 15.1 Å². The minimum atomic E-state index is 0.127. The second-order valence-electron chi connectivity index (χ2n) is 5.49. The molecule has 0 atom stereocenters. The highest BCUT2D eigenvalue weighted by molar-refractivity contribution is 5.88. The fraction of sp³-hybridized carbons (Fsp3) is 0.118. The number of benzene rings is 1. The lowest BCUT2D eigenvalue weighted by molar-refractivity contribution is 0.446. The molecule has 0 bridgehead atoms. The van der Waals surface area contributed by atoms with Crippen molar-refractivity contribution in [3.05, 3.63) is 53.4 Å². The van der Waals surface area contributed by atoms with Crippen molar-refractivity contribution < 1.29 is 14.0 Å². The van der Waals surface area contributed by atoms with Gasteiger partial charge in [-0.15, -0.1) is 0 Å². The number of phenolic OH excluding ortho intramolecular Hbond substituents is 1. The van der Waals surface area contributed by atoms with Crippen LogP contribution in [0.15, 0.2) is 45.3 Å². The lowest BCUT2D eigenvalue weighted by Gasteiger charge is -2.01. The zero-order valence-corrected chi connectivity index (χ0v) is 12.9. The van der Waals surface area contributed by atoms with Crippen LogP contribution in [0.3, 0.4) is 0 Å². The van der Waals surface area contributed by atoms with E-state index in [9.17, 15) is 5.11 Å². The number of phenols is 1. The average Bonchev–Trinajstić information content (AvgIpc) is 3.16. The SMILES string of the molecule is Cc1ccc(-c2nc(N)nc3c(Cc4ccc(O)cc4)noc23)o1. The molecule has 4 rings (SSSR count). The van der Waals surface area contributed by atoms with Gasteiger partial charge in [0.25, 0.3) is 0 Å². The molecule has 0 aliphatic carbocycles. The molecule has 120 valence electrons. The molecule has 1 aromatic carbocycles. The van der Waals surface area contributed by atoms with Gasteiger partial charge in [-0.3, -0.25) is 0 Å². The number of furan rings is 1. The second kappa shape index (κ2) is 5.38. The van der Waals surface area contributed by atoms with Gasteiger partial charge < -0.3 is 19.8 Å². The molecule has 0 amide bonds. The summed E-state index contributed by atoms with van der Waals surface area (Å²) < 4.78 is 11.1. The number of nitrogen functional groups attached to an aromatic ring is 1. The Morgan fingerprint density at radius 2 is 1.88 bits per heavy atom. The number of hydrogen-bond acceptors (Lipinski definition) is 7. The molecule has 0 unspecified atom stereocenters. The van der Waals surface area contributed by atoms with Crippen molar-refractivity contribution in [3.63, 3.8) is 0 Å². The van der Waals surface area contributed by atoms with Gasteiger partial charge in [0.1, 0.15) is 22.7 Å². The molecule has 0 aliphatic heterocycles. The van der Waals surface area contributed by atoms with E-state index < -0.39 is 0 Å². The zero-order chi connectivity index (χ0) is 16.7. The molecule has 4 aromatic rings. The summed E-state index contributed by atoms with van der Waals surface area (Å²) in [5, 5.41) is 13.5. The van der Waals surface area contributed by atoms with Crippen LogP contribution in [0.4, 0.5) is 5.95 Å². The Labute approximate surface area is 136 Å². The molecular formula is C17H14N4O3. The van der Waals surface area contributed by atoms with Crippen molar-refractivity contribution in [2.24, 2.45) is 0 Å². The van der Waals surface area contributed by atoms with Gasteiger partial charge in [-0.1, -0.05) is 17.3 Å². The van der Waals surface area contributed by atoms with Crippen LogP contribution in [-0.4, -0.2) is 20.2 Å². The van der Waals surface area contributed by atoms with Crippen molar-refractivity contribution in [2.75, 3.05) is 5.73 Å². The van der Waals surface area contributed by atoms with Gasteiger partial charge in [-0.05, 0) is 36.8 Å². The number of aryl methyl sites for hydroxylation is 1. The van der Waals surface area contributed by atoms with E-state index in [-0.39, 0.29) is 11.7 Å². The van der Waals surface area contributed by atoms with E-state index in [2.05, 4.69) is 15.1 Å². The van der Waals surface area contributed by atoms with E-state index in [0.29, 0.717) is 34.7 Å². The van der Waals surface area contributed by atoms with Gasteiger partial charge in [0.05, 0.1) is 0 Å². The molecule has 24 heavy (non-hydrogen) atoms. The number of hydrogen-bond donors (Lipinski definition) is 2. The quantitative estimate of drug-likeness (QED) is 0.596. The Kier molecular flexibility index (Phi) is 3.19. The second-order valence-corrected chi connectivity index (χ2v) is 5.49. The van der Waals surface area contributed by atoms with Crippen molar-refractivity contribution in [2.45, 2.75) is 13.3 Å². The maximum atomic E-state index is 9.37. The van der Waals surface area contributed by atoms with Crippen LogP contribution in [0.5, 0.6) is 5.75 Å². The predicted octanol–water partition coefficient (Wildman–Crippen LogP) is 3.06. The standard InChI is InChI=1S/C17H14N4O3/c1-9-2-7-13(23-9)15-16-14(19-17(18)20-15)12(21-24-16)8-10-3-5-11(22)6-4-10/h2-7,22H,8H2,1H3,(H2,18,19,20). The molecule has 3 heterocycles. The fourth-order valence-corrected chi connectivity index (χ4v) is 2.55. The summed E-state index contributed by atoms with van der Waals surface area (Å²) >= 11 is 0. The highest BCUT2D eigenvalue weighted by atomic mass is 16.5. The predicted molar refractivity (Wildman–Crippen MR) is 87.4 cm³/mol. The maximum Gasteiger partial charge on any atom is 0.221 e. The van der Waals surface area contributed by atoms with Gasteiger partial charge in [-0.2, -0.15) is 0 Å². The van der Waals surface area contributed by atoms with Crippen LogP contribution in [0.2, 0.25) is 0 Å². The first-order valence-corrected chi connectivity index (χ1v) is 7.36. The molecule has 7 nitrogen and oxygen atoms in total. The van der Waals surface area contributed by atoms with Gasteiger partial charge in [-0.25, -0.2) is 9.97 Å². The first-order chi connectivity index (χ1) is 11.6. The summed E-state index contributed by atoms with van der Waals surface area (Å²) in [5.74, 6) is 1.66. The number of anilines is 1. The third-order valence-corrected chi connectivity index (χ3v) is 3.68. The molecule has 0 spiro atoms. The van der Waals surface area contributed by atoms with Gasteiger partial charge >= 0.3 is 0 Å². The van der Waals surface area contributed by atoms with Gasteiger partial charge in [0, 0.05) is 6.42 Å². The number of aromatic hydroxyl groups is 1. The van der Waals surface area contributed by atoms with Crippen LogP contribution in [0.1, 0.15) is 17.0 Å². The average molecular weight is 322 g/mol. The summed E-state index contributed by atoms with van der Waals surface area (Å²) in [6.07, 6.45) is 0.500. The lowest BCUT2D eigenvalue weighted by Crippen LogP contribution is -1.98. The summed E-state index contributed by atoms with van der Waals surface area (Å²) in [4.78, 5) is 8.48. The third-order valence-electron chi connectivity index (χ3n) is 3.68. The van der Waals surface area contributed by atoms with Crippen LogP contribution in [-0.2, 0) is 6.42 Å². The highest BCUT2D eigenvalue weighted by Crippen LogP contribution is 2.30. The summed E-state index contributed by atoms with van der Waals surface area (Å²) in [7, 11) is 0. The number of rotatable bonds is 3. The molecule has 0 aliphatic rings. The van der Waals surface area contributed by atoms with Crippen molar-refractivity contribution in [3.8, 4) is 17.2 Å². The first-order valence-electron chi connectivity index (χ1n) is 7.36. The fourth-order valence-electron chi connectivity index (χ4n) is 2.55. The van der Waals surface area contributed by atoms with Crippen LogP contribution in [0.25, 0.3) is 22.6 Å². The number of aromatic nitrogens is 3. The summed E-state index contributed by atoms with van der Waals surface area (Å²) in [6.45, 7) is 1.85. The molecule has 3 N–H and O–H groups in total. The van der Waals surface area contributed by atoms with E-state index in [0.717, 1.165) is 11.3 Å². The minimum Gasteiger partial charge on any atom is -0.508 e. The molecule has 0 saturated heterocycles. The number of fused-ring (bicyclic) bond motifs is 1. The Morgan fingerprint density at radius 1 is 1.08 bits per heavy atom. The van der Waals surface area contributed by atoms with E-state index in [1.54, 1.807) is 18.2 Å². The van der Waals surface area contributed by atoms with Crippen molar-refractivity contribution >= 4 is 17.0 Å². The number of nitrogens with zero attached hydrogens (tertiary/aromatic N) is 3. The molecule has 7 heteroatoms. The minimum absolute atomic E-state index is 0.127. The third kappa shape index (κ3) is 2.45. The normalized spacial score (nSPS) is 11.2. The van der Waals surface area contributed by atoms with Gasteiger partial charge in [0.15, 0.2) is 11.5 Å². The summed E-state index contributed by atoms with van der Waals surface area (Å²) in [5.41, 5.74) is 8.93. The molecule has 0 saturated carbocycles. The summed E-state index contributed by atoms with van der Waals surface area (Å²) in [6, 6.07) is 10.5. The Bertz CT molecular complexity index is 1020.